The van der Waals surface area contributed by atoms with Gasteiger partial charge < -0.3 is 0 Å². The molecule has 1 N–H and O–H groups in total. The van der Waals surface area contributed by atoms with Gasteiger partial charge in [0.1, 0.15) is 12.2 Å². The van der Waals surface area contributed by atoms with Gasteiger partial charge in [0.25, 0.3) is 0 Å². The summed E-state index contributed by atoms with van der Waals surface area (Å²) < 4.78 is 2.06. The van der Waals surface area contributed by atoms with Gasteiger partial charge >= 0.3 is 0 Å². The highest BCUT2D eigenvalue weighted by atomic mass is 15.3. The molecule has 2 aromatic heterocycles. The number of rotatable bonds is 3. The highest BCUT2D eigenvalue weighted by Crippen LogP contribution is 2.24. The molecule has 0 aliphatic carbocycles. The first kappa shape index (κ1) is 13.7. The lowest BCUT2D eigenvalue weighted by molar-refractivity contribution is 0.901. The van der Waals surface area contributed by atoms with E-state index in [-0.39, 0.29) is 0 Å². The molecule has 0 saturated heterocycles. The van der Waals surface area contributed by atoms with Gasteiger partial charge in [0, 0.05) is 23.1 Å². The van der Waals surface area contributed by atoms with Gasteiger partial charge in [-0.05, 0) is 25.3 Å². The van der Waals surface area contributed by atoms with Crippen LogP contribution in [0, 0.1) is 13.8 Å². The van der Waals surface area contributed by atoms with Crippen LogP contribution in [0.3, 0.4) is 0 Å². The van der Waals surface area contributed by atoms with E-state index in [1.54, 1.807) is 6.33 Å². The maximum absolute atomic E-state index is 4.33. The molecule has 5 nitrogen and oxygen atoms in total. The van der Waals surface area contributed by atoms with E-state index in [9.17, 15) is 0 Å². The second-order valence-electron chi connectivity index (χ2n) is 5.70. The summed E-state index contributed by atoms with van der Waals surface area (Å²) >= 11 is 0. The highest BCUT2D eigenvalue weighted by molar-refractivity contribution is 5.90. The molecule has 0 atom stereocenters. The average Bonchev–Trinajstić information content (AvgIpc) is 3.16. The van der Waals surface area contributed by atoms with E-state index in [1.807, 2.05) is 13.8 Å². The maximum Gasteiger partial charge on any atom is 0.141 e. The van der Waals surface area contributed by atoms with Crippen LogP contribution in [0.15, 0.2) is 48.8 Å². The molecule has 4 rings (SSSR count). The van der Waals surface area contributed by atoms with Crippen molar-refractivity contribution in [2.45, 2.75) is 20.3 Å². The van der Waals surface area contributed by atoms with Crippen LogP contribution in [0.4, 0.5) is 0 Å². The lowest BCUT2D eigenvalue weighted by Crippen LogP contribution is -2.03. The van der Waals surface area contributed by atoms with E-state index in [0.717, 1.165) is 22.9 Å². The van der Waals surface area contributed by atoms with Crippen molar-refractivity contribution in [3.05, 3.63) is 71.6 Å². The summed E-state index contributed by atoms with van der Waals surface area (Å²) in [6, 6.07) is 14.6. The number of H-pyrrole nitrogens is 1. The predicted octanol–water partition coefficient (Wildman–Crippen LogP) is 3.35. The van der Waals surface area contributed by atoms with Crippen LogP contribution in [-0.4, -0.2) is 25.0 Å². The molecule has 0 aliphatic rings. The maximum atomic E-state index is 4.33. The zero-order valence-electron chi connectivity index (χ0n) is 13.1. The van der Waals surface area contributed by atoms with E-state index in [0.29, 0.717) is 6.42 Å². The highest BCUT2D eigenvalue weighted by Gasteiger charge is 2.14. The van der Waals surface area contributed by atoms with Crippen LogP contribution in [0.2, 0.25) is 0 Å². The lowest BCUT2D eigenvalue weighted by Gasteiger charge is -2.10. The summed E-state index contributed by atoms with van der Waals surface area (Å²) in [5.41, 5.74) is 4.37. The zero-order valence-corrected chi connectivity index (χ0v) is 13.1. The first-order valence-electron chi connectivity index (χ1n) is 7.61. The first-order valence-corrected chi connectivity index (χ1v) is 7.61. The van der Waals surface area contributed by atoms with Gasteiger partial charge in [-0.25, -0.2) is 0 Å². The van der Waals surface area contributed by atoms with Crippen molar-refractivity contribution in [2.75, 3.05) is 0 Å². The van der Waals surface area contributed by atoms with Gasteiger partial charge in [-0.3, -0.25) is 9.67 Å². The van der Waals surface area contributed by atoms with Gasteiger partial charge in [-0.1, -0.05) is 36.4 Å². The Bertz CT molecular complexity index is 955. The van der Waals surface area contributed by atoms with E-state index in [4.69, 9.17) is 0 Å². The Morgan fingerprint density at radius 1 is 1.04 bits per heavy atom. The number of aromatic amines is 1. The number of hydrogen-bond donors (Lipinski definition) is 1. The molecule has 0 fully saturated rings. The molecular weight excluding hydrogens is 286 g/mol. The monoisotopic (exact) mass is 303 g/mol. The number of nitrogens with zero attached hydrogens (tertiary/aromatic N) is 4. The minimum atomic E-state index is 0.706. The van der Waals surface area contributed by atoms with Crippen molar-refractivity contribution in [2.24, 2.45) is 0 Å². The quantitative estimate of drug-likeness (QED) is 0.631. The fourth-order valence-electron chi connectivity index (χ4n) is 2.99. The van der Waals surface area contributed by atoms with Gasteiger partial charge in [0.05, 0.1) is 11.4 Å². The molecule has 2 heterocycles. The van der Waals surface area contributed by atoms with Gasteiger partial charge in [-0.2, -0.15) is 5.10 Å². The van der Waals surface area contributed by atoms with E-state index in [2.05, 4.69) is 67.4 Å². The Labute approximate surface area is 134 Å². The third kappa shape index (κ3) is 2.30. The Morgan fingerprint density at radius 2 is 1.87 bits per heavy atom. The molecule has 0 spiro atoms. The van der Waals surface area contributed by atoms with Crippen molar-refractivity contribution in [3.8, 4) is 5.69 Å². The fraction of sp³-hybridized carbons (Fsp3) is 0.167. The van der Waals surface area contributed by atoms with Crippen LogP contribution in [0.5, 0.6) is 0 Å². The van der Waals surface area contributed by atoms with Crippen LogP contribution >= 0.6 is 0 Å². The Balaban J connectivity index is 1.83. The minimum Gasteiger partial charge on any atom is -0.285 e. The molecular formula is C18H17N5. The molecule has 5 heteroatoms. The first-order chi connectivity index (χ1) is 11.2. The minimum absolute atomic E-state index is 0.706. The average molecular weight is 303 g/mol. The fourth-order valence-corrected chi connectivity index (χ4v) is 2.99. The molecule has 0 amide bonds. The molecule has 2 aromatic carbocycles. The lowest BCUT2D eigenvalue weighted by atomic mass is 10.1. The van der Waals surface area contributed by atoms with Gasteiger partial charge in [0.15, 0.2) is 0 Å². The summed E-state index contributed by atoms with van der Waals surface area (Å²) in [4.78, 5) is 0. The third-order valence-electron chi connectivity index (χ3n) is 4.26. The van der Waals surface area contributed by atoms with Crippen LogP contribution in [0.25, 0.3) is 16.5 Å². The second-order valence-corrected chi connectivity index (χ2v) is 5.70. The van der Waals surface area contributed by atoms with Crippen molar-refractivity contribution < 1.29 is 0 Å². The zero-order chi connectivity index (χ0) is 15.8. The summed E-state index contributed by atoms with van der Waals surface area (Å²) in [5.74, 6) is 0.911. The Hall–Kier alpha value is -2.95. The number of aryl methyl sites for hydroxylation is 2. The Kier molecular flexibility index (Phi) is 3.19. The number of aromatic nitrogens is 5. The van der Waals surface area contributed by atoms with Crippen LogP contribution in [-0.2, 0) is 6.42 Å². The molecule has 114 valence electrons. The number of benzene rings is 2. The van der Waals surface area contributed by atoms with E-state index < -0.39 is 0 Å². The van der Waals surface area contributed by atoms with E-state index >= 15 is 0 Å². The van der Waals surface area contributed by atoms with Crippen LogP contribution in [0.1, 0.15) is 22.8 Å². The molecule has 0 aliphatic heterocycles. The number of fused-ring (bicyclic) bond motifs is 1. The van der Waals surface area contributed by atoms with Gasteiger partial charge in [-0.15, -0.1) is 10.2 Å². The predicted molar refractivity (Wildman–Crippen MR) is 89.7 cm³/mol. The van der Waals surface area contributed by atoms with Crippen molar-refractivity contribution in [3.63, 3.8) is 0 Å². The Morgan fingerprint density at radius 3 is 2.70 bits per heavy atom. The summed E-state index contributed by atoms with van der Waals surface area (Å²) in [6.45, 7) is 4.05. The number of hydrogen-bond acceptors (Lipinski definition) is 3. The number of nitrogens with one attached hydrogen (secondary N) is 1. The van der Waals surface area contributed by atoms with Crippen molar-refractivity contribution >= 4 is 10.8 Å². The summed E-state index contributed by atoms with van der Waals surface area (Å²) in [6.07, 6.45) is 2.49. The van der Waals surface area contributed by atoms with Crippen LogP contribution < -0.4 is 0 Å². The molecule has 23 heavy (non-hydrogen) atoms. The normalized spacial score (nSPS) is 11.2. The standard InChI is InChI=1S/C18H17N5/c1-12-16(13(2)21-20-12)10-18-22-19-11-23(18)17-9-5-7-14-6-3-4-8-15(14)17/h3-9,11H,10H2,1-2H3,(H,20,21). The largest absolute Gasteiger partial charge is 0.285 e. The summed E-state index contributed by atoms with van der Waals surface area (Å²) in [5, 5.41) is 18.2. The van der Waals surface area contributed by atoms with Gasteiger partial charge in [0.2, 0.25) is 0 Å². The third-order valence-corrected chi connectivity index (χ3v) is 4.26. The molecule has 0 saturated carbocycles. The molecule has 0 unspecified atom stereocenters. The second kappa shape index (κ2) is 5.35. The molecule has 4 aromatic rings. The smallest absolute Gasteiger partial charge is 0.141 e. The topological polar surface area (TPSA) is 59.4 Å². The van der Waals surface area contributed by atoms with Crippen molar-refractivity contribution in [1.29, 1.82) is 0 Å². The van der Waals surface area contributed by atoms with Crippen molar-refractivity contribution in [1.82, 2.24) is 25.0 Å². The molecule has 0 bridgehead atoms. The molecule has 0 radical (unpaired) electrons. The SMILES string of the molecule is Cc1n[nH]c(C)c1Cc1nncn1-c1cccc2ccccc12. The van der Waals surface area contributed by atoms with E-state index in [1.165, 1.54) is 16.3 Å². The summed E-state index contributed by atoms with van der Waals surface area (Å²) in [7, 11) is 0.